The molecule has 0 amide bonds. The van der Waals surface area contributed by atoms with Crippen LogP contribution in [-0.2, 0) is 19.1 Å². The van der Waals surface area contributed by atoms with Crippen molar-refractivity contribution in [2.75, 3.05) is 6.61 Å². The van der Waals surface area contributed by atoms with Crippen molar-refractivity contribution in [2.24, 2.45) is 0 Å². The van der Waals surface area contributed by atoms with Gasteiger partial charge in [0.05, 0.1) is 12.7 Å². The molecule has 0 spiro atoms. The van der Waals surface area contributed by atoms with Crippen LogP contribution in [0.15, 0.2) is 0 Å². The number of esters is 2. The molecule has 0 aliphatic heterocycles. The molecule has 0 saturated heterocycles. The Hall–Kier alpha value is -1.06. The lowest BCUT2D eigenvalue weighted by Gasteiger charge is -2.12. The largest absolute Gasteiger partial charge is 0.466 e. The Balaban J connectivity index is 3.42. The Morgan fingerprint density at radius 3 is 1.81 bits per heavy atom. The Bertz CT molecular complexity index is 354. The van der Waals surface area contributed by atoms with Crippen LogP contribution in [0.5, 0.6) is 0 Å². The highest BCUT2D eigenvalue weighted by atomic mass is 16.5. The summed E-state index contributed by atoms with van der Waals surface area (Å²) < 4.78 is 10.6. The van der Waals surface area contributed by atoms with Gasteiger partial charge in [0, 0.05) is 12.8 Å². The minimum Gasteiger partial charge on any atom is -0.466 e. The van der Waals surface area contributed by atoms with Gasteiger partial charge in [0.2, 0.25) is 0 Å². The van der Waals surface area contributed by atoms with Crippen molar-refractivity contribution in [3.63, 3.8) is 0 Å². The van der Waals surface area contributed by atoms with Crippen molar-refractivity contribution in [1.29, 1.82) is 0 Å². The zero-order valence-corrected chi connectivity index (χ0v) is 18.2. The normalized spacial score (nSPS) is 12.0. The van der Waals surface area contributed by atoms with Gasteiger partial charge in [0.15, 0.2) is 0 Å². The second-order valence-electron chi connectivity index (χ2n) is 7.70. The minimum atomic E-state index is -0.203. The molecule has 0 aromatic heterocycles. The van der Waals surface area contributed by atoms with Crippen LogP contribution in [0, 0.1) is 0 Å². The standard InChI is InChI=1S/C23H44O4/c1-4-6-8-9-10-11-12-13-15-20-26-22(24)18-16-19-23(25)27-21(3)17-14-7-5-2/h21H,4-20H2,1-3H3. The van der Waals surface area contributed by atoms with Crippen molar-refractivity contribution in [1.82, 2.24) is 0 Å². The van der Waals surface area contributed by atoms with Gasteiger partial charge in [-0.2, -0.15) is 0 Å². The van der Waals surface area contributed by atoms with Crippen molar-refractivity contribution in [3.05, 3.63) is 0 Å². The smallest absolute Gasteiger partial charge is 0.306 e. The average molecular weight is 385 g/mol. The van der Waals surface area contributed by atoms with E-state index < -0.39 is 0 Å². The molecule has 0 aliphatic rings. The molecule has 0 saturated carbocycles. The van der Waals surface area contributed by atoms with Gasteiger partial charge in [0.25, 0.3) is 0 Å². The van der Waals surface area contributed by atoms with Crippen LogP contribution in [0.25, 0.3) is 0 Å². The van der Waals surface area contributed by atoms with Crippen LogP contribution < -0.4 is 0 Å². The average Bonchev–Trinajstić information content (AvgIpc) is 2.63. The molecule has 4 heteroatoms. The Labute approximate surface area is 167 Å². The molecule has 4 nitrogen and oxygen atoms in total. The predicted molar refractivity (Wildman–Crippen MR) is 112 cm³/mol. The monoisotopic (exact) mass is 384 g/mol. The number of carbonyl (C=O) groups excluding carboxylic acids is 2. The van der Waals surface area contributed by atoms with E-state index in [1.807, 2.05) is 6.92 Å². The maximum Gasteiger partial charge on any atom is 0.306 e. The fourth-order valence-electron chi connectivity index (χ4n) is 3.07. The molecule has 0 aromatic carbocycles. The van der Waals surface area contributed by atoms with Crippen LogP contribution in [0.3, 0.4) is 0 Å². The minimum absolute atomic E-state index is 0.0253. The van der Waals surface area contributed by atoms with E-state index in [0.29, 0.717) is 25.9 Å². The summed E-state index contributed by atoms with van der Waals surface area (Å²) in [6.45, 7) is 6.84. The second kappa shape index (κ2) is 19.7. The molecule has 0 rings (SSSR count). The number of carbonyl (C=O) groups is 2. The van der Waals surface area contributed by atoms with Gasteiger partial charge < -0.3 is 9.47 Å². The predicted octanol–water partition coefficient (Wildman–Crippen LogP) is 6.74. The van der Waals surface area contributed by atoms with E-state index in [-0.39, 0.29) is 18.0 Å². The maximum absolute atomic E-state index is 11.7. The van der Waals surface area contributed by atoms with Crippen molar-refractivity contribution >= 4 is 11.9 Å². The first kappa shape index (κ1) is 25.9. The highest BCUT2D eigenvalue weighted by Crippen LogP contribution is 2.10. The van der Waals surface area contributed by atoms with Gasteiger partial charge >= 0.3 is 11.9 Å². The topological polar surface area (TPSA) is 52.6 Å². The first-order valence-corrected chi connectivity index (χ1v) is 11.4. The molecule has 0 heterocycles. The molecule has 1 atom stereocenters. The Kier molecular flexibility index (Phi) is 18.9. The third-order valence-electron chi connectivity index (χ3n) is 4.82. The molecule has 27 heavy (non-hydrogen) atoms. The van der Waals surface area contributed by atoms with Crippen molar-refractivity contribution < 1.29 is 19.1 Å². The molecule has 0 aromatic rings. The molecule has 1 unspecified atom stereocenters. The highest BCUT2D eigenvalue weighted by molar-refractivity contribution is 5.72. The second-order valence-corrected chi connectivity index (χ2v) is 7.70. The van der Waals surface area contributed by atoms with E-state index in [1.54, 1.807) is 0 Å². The number of hydrogen-bond acceptors (Lipinski definition) is 4. The fourth-order valence-corrected chi connectivity index (χ4v) is 3.07. The van der Waals surface area contributed by atoms with Crippen LogP contribution in [0.1, 0.15) is 124 Å². The lowest BCUT2D eigenvalue weighted by atomic mass is 10.1. The first-order chi connectivity index (χ1) is 13.1. The molecule has 0 N–H and O–H groups in total. The zero-order chi connectivity index (χ0) is 20.2. The Morgan fingerprint density at radius 1 is 0.667 bits per heavy atom. The number of hydrogen-bond donors (Lipinski definition) is 0. The highest BCUT2D eigenvalue weighted by Gasteiger charge is 2.11. The van der Waals surface area contributed by atoms with E-state index in [2.05, 4.69) is 13.8 Å². The lowest BCUT2D eigenvalue weighted by Crippen LogP contribution is -2.15. The molecule has 0 bridgehead atoms. The van der Waals surface area contributed by atoms with E-state index in [9.17, 15) is 9.59 Å². The molecule has 0 fully saturated rings. The van der Waals surface area contributed by atoms with E-state index in [4.69, 9.17) is 9.47 Å². The number of ether oxygens (including phenoxy) is 2. The lowest BCUT2D eigenvalue weighted by molar-refractivity contribution is -0.149. The third-order valence-corrected chi connectivity index (χ3v) is 4.82. The molecule has 160 valence electrons. The third kappa shape index (κ3) is 19.5. The van der Waals surface area contributed by atoms with Gasteiger partial charge in [-0.05, 0) is 32.6 Å². The van der Waals surface area contributed by atoms with Crippen LogP contribution in [0.4, 0.5) is 0 Å². The Morgan fingerprint density at radius 2 is 1.19 bits per heavy atom. The van der Waals surface area contributed by atoms with Crippen LogP contribution in [0.2, 0.25) is 0 Å². The quantitative estimate of drug-likeness (QED) is 0.183. The first-order valence-electron chi connectivity index (χ1n) is 11.4. The van der Waals surface area contributed by atoms with Gasteiger partial charge in [-0.25, -0.2) is 0 Å². The maximum atomic E-state index is 11.7. The van der Waals surface area contributed by atoms with E-state index in [1.165, 1.54) is 57.8 Å². The summed E-state index contributed by atoms with van der Waals surface area (Å²) in [5, 5.41) is 0. The number of unbranched alkanes of at least 4 members (excludes halogenated alkanes) is 10. The van der Waals surface area contributed by atoms with Gasteiger partial charge in [0.1, 0.15) is 0 Å². The summed E-state index contributed by atoms with van der Waals surface area (Å²) in [6, 6.07) is 0. The molecule has 0 radical (unpaired) electrons. The van der Waals surface area contributed by atoms with E-state index in [0.717, 1.165) is 25.7 Å². The summed E-state index contributed by atoms with van der Waals surface area (Å²) in [5.41, 5.74) is 0. The van der Waals surface area contributed by atoms with Crippen molar-refractivity contribution in [2.45, 2.75) is 130 Å². The molecular formula is C23H44O4. The van der Waals surface area contributed by atoms with E-state index >= 15 is 0 Å². The van der Waals surface area contributed by atoms with Gasteiger partial charge in [-0.15, -0.1) is 0 Å². The molecular weight excluding hydrogens is 340 g/mol. The summed E-state index contributed by atoms with van der Waals surface area (Å²) >= 11 is 0. The summed E-state index contributed by atoms with van der Waals surface area (Å²) in [7, 11) is 0. The number of rotatable bonds is 19. The summed E-state index contributed by atoms with van der Waals surface area (Å²) in [4.78, 5) is 23.4. The molecule has 0 aliphatic carbocycles. The zero-order valence-electron chi connectivity index (χ0n) is 18.2. The summed E-state index contributed by atoms with van der Waals surface area (Å²) in [6.07, 6.45) is 16.7. The van der Waals surface area contributed by atoms with Crippen LogP contribution in [-0.4, -0.2) is 24.6 Å². The SMILES string of the molecule is CCCCCCCCCCCOC(=O)CCCC(=O)OC(C)CCCCC. The van der Waals surface area contributed by atoms with Gasteiger partial charge in [-0.3, -0.25) is 9.59 Å². The fraction of sp³-hybridized carbons (Fsp3) is 0.913. The van der Waals surface area contributed by atoms with Crippen LogP contribution >= 0.6 is 0 Å². The van der Waals surface area contributed by atoms with Gasteiger partial charge in [-0.1, -0.05) is 78.1 Å². The summed E-state index contributed by atoms with van der Waals surface area (Å²) in [5.74, 6) is -0.399. The van der Waals surface area contributed by atoms with Crippen molar-refractivity contribution in [3.8, 4) is 0 Å².